The van der Waals surface area contributed by atoms with Gasteiger partial charge in [0.15, 0.2) is 0 Å². The zero-order valence-corrected chi connectivity index (χ0v) is 19.5. The molecule has 1 aromatic heterocycles. The SMILES string of the molecule is Cc1cc(NCCN(C(C)C)C(C)C)nc(N=C(N)Nc2ccc(Cl)c(C(F)(F)F)c2)n1. The summed E-state index contributed by atoms with van der Waals surface area (Å²) >= 11 is 5.64. The Bertz CT molecular complexity index is 937. The average molecular weight is 472 g/mol. The molecule has 0 saturated carbocycles. The van der Waals surface area contributed by atoms with E-state index >= 15 is 0 Å². The van der Waals surface area contributed by atoms with Crippen molar-refractivity contribution in [1.82, 2.24) is 14.9 Å². The van der Waals surface area contributed by atoms with Gasteiger partial charge >= 0.3 is 6.18 Å². The van der Waals surface area contributed by atoms with Crippen molar-refractivity contribution in [2.45, 2.75) is 52.9 Å². The van der Waals surface area contributed by atoms with E-state index in [9.17, 15) is 13.2 Å². The normalized spacial score (nSPS) is 12.7. The zero-order chi connectivity index (χ0) is 24.1. The van der Waals surface area contributed by atoms with E-state index in [1.807, 2.05) is 0 Å². The minimum absolute atomic E-state index is 0.0899. The van der Waals surface area contributed by atoms with Gasteiger partial charge in [-0.05, 0) is 52.8 Å². The van der Waals surface area contributed by atoms with Crippen molar-refractivity contribution in [3.63, 3.8) is 0 Å². The Morgan fingerprint density at radius 3 is 2.41 bits per heavy atom. The molecule has 0 bridgehead atoms. The van der Waals surface area contributed by atoms with Gasteiger partial charge < -0.3 is 16.4 Å². The quantitative estimate of drug-likeness (QED) is 0.369. The third kappa shape index (κ3) is 7.52. The number of aryl methyl sites for hydroxylation is 1. The molecular formula is C21H29ClF3N7. The molecule has 4 N–H and O–H groups in total. The number of nitrogens with one attached hydrogen (secondary N) is 2. The summed E-state index contributed by atoms with van der Waals surface area (Å²) in [6.45, 7) is 11.9. The minimum Gasteiger partial charge on any atom is -0.369 e. The fourth-order valence-electron chi connectivity index (χ4n) is 3.22. The highest BCUT2D eigenvalue weighted by Gasteiger charge is 2.33. The Labute approximate surface area is 191 Å². The number of alkyl halides is 3. The molecule has 2 rings (SSSR count). The number of aliphatic imine (C=N–C) groups is 1. The predicted octanol–water partition coefficient (Wildman–Crippen LogP) is 5.05. The van der Waals surface area contributed by atoms with E-state index in [1.165, 1.54) is 6.07 Å². The maximum Gasteiger partial charge on any atom is 0.417 e. The predicted molar refractivity (Wildman–Crippen MR) is 124 cm³/mol. The summed E-state index contributed by atoms with van der Waals surface area (Å²) < 4.78 is 39.1. The highest BCUT2D eigenvalue weighted by Crippen LogP contribution is 2.36. The smallest absolute Gasteiger partial charge is 0.369 e. The van der Waals surface area contributed by atoms with Gasteiger partial charge in [-0.25, -0.2) is 4.98 Å². The van der Waals surface area contributed by atoms with Crippen molar-refractivity contribution in [1.29, 1.82) is 0 Å². The van der Waals surface area contributed by atoms with E-state index in [1.54, 1.807) is 13.0 Å². The largest absolute Gasteiger partial charge is 0.417 e. The molecule has 32 heavy (non-hydrogen) atoms. The number of nitrogens with two attached hydrogens (primary N) is 1. The van der Waals surface area contributed by atoms with Crippen LogP contribution in [0.4, 0.5) is 30.6 Å². The Balaban J connectivity index is 2.11. The molecule has 0 spiro atoms. The number of rotatable bonds is 8. The fraction of sp³-hybridized carbons (Fsp3) is 0.476. The highest BCUT2D eigenvalue weighted by atomic mass is 35.5. The second kappa shape index (κ2) is 10.8. The molecule has 0 amide bonds. The number of nitrogens with zero attached hydrogens (tertiary/aromatic N) is 4. The Morgan fingerprint density at radius 1 is 1.16 bits per heavy atom. The summed E-state index contributed by atoms with van der Waals surface area (Å²) in [4.78, 5) is 15.0. The molecule has 1 heterocycles. The molecule has 2 aromatic rings. The molecule has 0 radical (unpaired) electrons. The molecule has 7 nitrogen and oxygen atoms in total. The number of guanidine groups is 1. The first-order chi connectivity index (χ1) is 14.9. The summed E-state index contributed by atoms with van der Waals surface area (Å²) in [5, 5.41) is 5.47. The van der Waals surface area contributed by atoms with Gasteiger partial charge in [0.25, 0.3) is 5.95 Å². The molecule has 1 aromatic carbocycles. The summed E-state index contributed by atoms with van der Waals surface area (Å²) in [7, 11) is 0. The lowest BCUT2D eigenvalue weighted by molar-refractivity contribution is -0.137. The second-order valence-electron chi connectivity index (χ2n) is 7.86. The van der Waals surface area contributed by atoms with Crippen molar-refractivity contribution in [3.05, 3.63) is 40.5 Å². The van der Waals surface area contributed by atoms with Crippen molar-refractivity contribution in [2.24, 2.45) is 10.7 Å². The first-order valence-corrected chi connectivity index (χ1v) is 10.6. The molecule has 0 aliphatic carbocycles. The molecule has 176 valence electrons. The molecule has 11 heteroatoms. The maximum atomic E-state index is 13.0. The van der Waals surface area contributed by atoms with Gasteiger partial charge in [-0.2, -0.15) is 23.1 Å². The Morgan fingerprint density at radius 2 is 1.81 bits per heavy atom. The molecule has 0 atom stereocenters. The lowest BCUT2D eigenvalue weighted by Gasteiger charge is -2.30. The summed E-state index contributed by atoms with van der Waals surface area (Å²) in [6.07, 6.45) is -4.58. The van der Waals surface area contributed by atoms with Crippen molar-refractivity contribution >= 4 is 35.0 Å². The second-order valence-corrected chi connectivity index (χ2v) is 8.27. The standard InChI is InChI=1S/C21H29ClF3N7/c1-12(2)32(13(3)4)9-8-27-18-10-14(5)28-20(30-18)31-19(26)29-15-6-7-17(22)16(11-15)21(23,24)25/h6-7,10-13H,8-9H2,1-5H3,(H4,26,27,28,29,30,31). The summed E-state index contributed by atoms with van der Waals surface area (Å²) in [6, 6.07) is 6.00. The van der Waals surface area contributed by atoms with E-state index in [0.29, 0.717) is 30.1 Å². The number of aromatic nitrogens is 2. The number of hydrogen-bond donors (Lipinski definition) is 3. The van der Waals surface area contributed by atoms with Gasteiger partial charge in [0, 0.05) is 42.6 Å². The van der Waals surface area contributed by atoms with Crippen LogP contribution < -0.4 is 16.4 Å². The number of anilines is 2. The minimum atomic E-state index is -4.58. The van der Waals surface area contributed by atoms with Crippen LogP contribution in [0.3, 0.4) is 0 Å². The van der Waals surface area contributed by atoms with Crippen LogP contribution in [-0.2, 0) is 6.18 Å². The van der Waals surface area contributed by atoms with Crippen LogP contribution in [0.25, 0.3) is 0 Å². The third-order valence-electron chi connectivity index (χ3n) is 4.61. The first-order valence-electron chi connectivity index (χ1n) is 10.2. The van der Waals surface area contributed by atoms with Crippen molar-refractivity contribution in [2.75, 3.05) is 23.7 Å². The van der Waals surface area contributed by atoms with E-state index < -0.39 is 16.8 Å². The number of hydrogen-bond acceptors (Lipinski definition) is 5. The lowest BCUT2D eigenvalue weighted by Crippen LogP contribution is -2.40. The fourth-order valence-corrected chi connectivity index (χ4v) is 3.45. The van der Waals surface area contributed by atoms with Gasteiger partial charge in [-0.15, -0.1) is 0 Å². The van der Waals surface area contributed by atoms with Crippen LogP contribution in [0.2, 0.25) is 5.02 Å². The molecular weight excluding hydrogens is 443 g/mol. The van der Waals surface area contributed by atoms with Gasteiger partial charge in [-0.1, -0.05) is 11.6 Å². The Kier molecular flexibility index (Phi) is 8.68. The van der Waals surface area contributed by atoms with Gasteiger partial charge in [0.05, 0.1) is 10.6 Å². The highest BCUT2D eigenvalue weighted by molar-refractivity contribution is 6.31. The monoisotopic (exact) mass is 471 g/mol. The van der Waals surface area contributed by atoms with Crippen molar-refractivity contribution in [3.8, 4) is 0 Å². The molecule has 0 fully saturated rings. The summed E-state index contributed by atoms with van der Waals surface area (Å²) in [5.41, 5.74) is 5.66. The number of benzene rings is 1. The Hall–Kier alpha value is -2.59. The van der Waals surface area contributed by atoms with E-state index in [4.69, 9.17) is 17.3 Å². The first kappa shape index (κ1) is 25.7. The van der Waals surface area contributed by atoms with Crippen LogP contribution in [0.15, 0.2) is 29.3 Å². The molecule has 0 unspecified atom stereocenters. The molecule has 0 aliphatic heterocycles. The topological polar surface area (TPSA) is 91.5 Å². The van der Waals surface area contributed by atoms with Crippen LogP contribution in [0.5, 0.6) is 0 Å². The van der Waals surface area contributed by atoms with Crippen molar-refractivity contribution < 1.29 is 13.2 Å². The molecule has 0 aliphatic rings. The van der Waals surface area contributed by atoms with Gasteiger partial charge in [-0.3, -0.25) is 4.90 Å². The van der Waals surface area contributed by atoms with Crippen LogP contribution >= 0.6 is 11.6 Å². The van der Waals surface area contributed by atoms with E-state index in [0.717, 1.165) is 18.7 Å². The lowest BCUT2D eigenvalue weighted by atomic mass is 10.2. The zero-order valence-electron chi connectivity index (χ0n) is 18.8. The van der Waals surface area contributed by atoms with E-state index in [-0.39, 0.29) is 17.6 Å². The average Bonchev–Trinajstić information content (AvgIpc) is 2.64. The van der Waals surface area contributed by atoms with Crippen LogP contribution in [0, 0.1) is 6.92 Å². The third-order valence-corrected chi connectivity index (χ3v) is 4.94. The molecule has 0 saturated heterocycles. The summed E-state index contributed by atoms with van der Waals surface area (Å²) in [5.74, 6) is 0.525. The number of halogens is 4. The van der Waals surface area contributed by atoms with Gasteiger partial charge in [0.2, 0.25) is 5.96 Å². The van der Waals surface area contributed by atoms with Gasteiger partial charge in [0.1, 0.15) is 5.82 Å². The van der Waals surface area contributed by atoms with Crippen LogP contribution in [-0.4, -0.2) is 46.0 Å². The van der Waals surface area contributed by atoms with E-state index in [2.05, 4.69) is 58.2 Å². The van der Waals surface area contributed by atoms with Crippen LogP contribution in [0.1, 0.15) is 39.0 Å². The maximum absolute atomic E-state index is 13.0.